The summed E-state index contributed by atoms with van der Waals surface area (Å²) in [5.74, 6) is 0. The second-order valence-corrected chi connectivity index (χ2v) is 8.80. The van der Waals surface area contributed by atoms with Gasteiger partial charge < -0.3 is 18.9 Å². The molecule has 2 unspecified atom stereocenters. The molecule has 0 aliphatic carbocycles. The van der Waals surface area contributed by atoms with Crippen LogP contribution < -0.4 is 0 Å². The molecular weight excluding hydrogens is 449 g/mol. The molecule has 2 heterocycles. The molecule has 2 saturated heterocycles. The van der Waals surface area contributed by atoms with Crippen LogP contribution in [-0.2, 0) is 18.9 Å². The Morgan fingerprint density at radius 3 is 2.63 bits per heavy atom. The third-order valence-corrected chi connectivity index (χ3v) is 6.86. The van der Waals surface area contributed by atoms with E-state index in [1.165, 1.54) is 11.8 Å². The van der Waals surface area contributed by atoms with Crippen LogP contribution in [0.1, 0.15) is 11.9 Å². The van der Waals surface area contributed by atoms with Gasteiger partial charge in [-0.15, -0.1) is 0 Å². The van der Waals surface area contributed by atoms with Gasteiger partial charge in [0, 0.05) is 22.5 Å². The van der Waals surface area contributed by atoms with Crippen molar-refractivity contribution in [3.8, 4) is 0 Å². The van der Waals surface area contributed by atoms with Gasteiger partial charge in [0.25, 0.3) is 0 Å². The third-order valence-electron chi connectivity index (χ3n) is 4.98. The van der Waals surface area contributed by atoms with Crippen LogP contribution >= 0.6 is 35.0 Å². The lowest BCUT2D eigenvalue weighted by Gasteiger charge is -2.47. The lowest BCUT2D eigenvalue weighted by Crippen LogP contribution is -2.60. The van der Waals surface area contributed by atoms with Crippen LogP contribution in [0.2, 0.25) is 10.0 Å². The Bertz CT molecular complexity index is 932. The lowest BCUT2D eigenvalue weighted by atomic mass is 9.96. The van der Waals surface area contributed by atoms with Crippen molar-refractivity contribution in [2.24, 2.45) is 5.11 Å². The first-order valence-corrected chi connectivity index (χ1v) is 10.9. The summed E-state index contributed by atoms with van der Waals surface area (Å²) in [5.41, 5.74) is 9.62. The van der Waals surface area contributed by atoms with E-state index in [4.69, 9.17) is 42.1 Å². The Morgan fingerprint density at radius 1 is 1.13 bits per heavy atom. The summed E-state index contributed by atoms with van der Waals surface area (Å²) in [6, 6.07) is 14.4. The number of halogens is 2. The van der Waals surface area contributed by atoms with Crippen LogP contribution in [0.15, 0.2) is 58.5 Å². The van der Waals surface area contributed by atoms with Crippen molar-refractivity contribution in [1.29, 1.82) is 0 Å². The number of hydrogen-bond donors (Lipinski definition) is 0. The fourth-order valence-corrected chi connectivity index (χ4v) is 5.14. The Hall–Kier alpha value is -1.48. The molecule has 2 aromatic rings. The van der Waals surface area contributed by atoms with Gasteiger partial charge in [-0.05, 0) is 23.7 Å². The SMILES string of the molecule is CO[C@@H]1C(N=[N+]=[N-])[C@H]2OC(c3ccccc3)OC[C@H]2O[C@@H]1Sc1ccc(Cl)c(Cl)c1. The first-order valence-electron chi connectivity index (χ1n) is 9.27. The Labute approximate surface area is 188 Å². The van der Waals surface area contributed by atoms with Crippen molar-refractivity contribution in [2.45, 2.75) is 41.0 Å². The summed E-state index contributed by atoms with van der Waals surface area (Å²) in [6.07, 6.45) is -2.01. The van der Waals surface area contributed by atoms with Crippen molar-refractivity contribution in [1.82, 2.24) is 0 Å². The van der Waals surface area contributed by atoms with E-state index in [1.54, 1.807) is 19.2 Å². The van der Waals surface area contributed by atoms with Gasteiger partial charge in [0.2, 0.25) is 0 Å². The highest BCUT2D eigenvalue weighted by atomic mass is 35.5. The zero-order valence-corrected chi connectivity index (χ0v) is 18.3. The number of benzene rings is 2. The minimum Gasteiger partial charge on any atom is -0.377 e. The lowest BCUT2D eigenvalue weighted by molar-refractivity contribution is -0.298. The molecule has 6 atom stereocenters. The molecule has 2 fully saturated rings. The maximum atomic E-state index is 9.18. The standard InChI is InChI=1S/C20H19Cl2N3O4S/c1-26-18-16(24-25-23)17-15(10-27-19(29-17)11-5-3-2-4-6-11)28-20(18)30-12-7-8-13(21)14(22)9-12/h2-9,15-20H,10H2,1H3/t15-,16?,17+,18-,19?,20-/m1/s1. The predicted octanol–water partition coefficient (Wildman–Crippen LogP) is 5.62. The first-order chi connectivity index (χ1) is 14.6. The summed E-state index contributed by atoms with van der Waals surface area (Å²) < 4.78 is 24.0. The number of hydrogen-bond acceptors (Lipinski definition) is 6. The van der Waals surface area contributed by atoms with E-state index >= 15 is 0 Å². The molecule has 0 N–H and O–H groups in total. The van der Waals surface area contributed by atoms with Crippen LogP contribution in [0.3, 0.4) is 0 Å². The van der Waals surface area contributed by atoms with Crippen molar-refractivity contribution in [3.05, 3.63) is 74.6 Å². The summed E-state index contributed by atoms with van der Waals surface area (Å²) in [4.78, 5) is 3.89. The van der Waals surface area contributed by atoms with Gasteiger partial charge in [0.15, 0.2) is 6.29 Å². The number of fused-ring (bicyclic) bond motifs is 1. The molecule has 2 aliphatic rings. The molecule has 0 saturated carbocycles. The number of nitrogens with zero attached hydrogens (tertiary/aromatic N) is 3. The van der Waals surface area contributed by atoms with Gasteiger partial charge in [-0.2, -0.15) is 0 Å². The van der Waals surface area contributed by atoms with Gasteiger partial charge in [0.05, 0.1) is 22.7 Å². The van der Waals surface area contributed by atoms with Crippen LogP contribution in [0.5, 0.6) is 0 Å². The summed E-state index contributed by atoms with van der Waals surface area (Å²) in [7, 11) is 1.56. The Balaban J connectivity index is 1.57. The molecule has 0 bridgehead atoms. The summed E-state index contributed by atoms with van der Waals surface area (Å²) in [6.45, 7) is 0.302. The molecule has 0 aromatic heterocycles. The Kier molecular flexibility index (Phi) is 7.08. The molecule has 10 heteroatoms. The van der Waals surface area contributed by atoms with Crippen molar-refractivity contribution in [3.63, 3.8) is 0 Å². The predicted molar refractivity (Wildman–Crippen MR) is 115 cm³/mol. The van der Waals surface area contributed by atoms with E-state index < -0.39 is 36.1 Å². The molecule has 30 heavy (non-hydrogen) atoms. The van der Waals surface area contributed by atoms with E-state index in [0.29, 0.717) is 16.7 Å². The fourth-order valence-electron chi connectivity index (χ4n) is 3.57. The minimum atomic E-state index is -0.589. The molecule has 2 aliphatic heterocycles. The van der Waals surface area contributed by atoms with Crippen LogP contribution in [0.25, 0.3) is 10.4 Å². The number of azide groups is 1. The van der Waals surface area contributed by atoms with Crippen LogP contribution in [0, 0.1) is 0 Å². The zero-order chi connectivity index (χ0) is 21.1. The average Bonchev–Trinajstić information content (AvgIpc) is 2.77. The molecule has 0 amide bonds. The van der Waals surface area contributed by atoms with Crippen LogP contribution in [0.4, 0.5) is 0 Å². The second-order valence-electron chi connectivity index (χ2n) is 6.81. The maximum absolute atomic E-state index is 9.18. The monoisotopic (exact) mass is 467 g/mol. The molecule has 0 spiro atoms. The smallest absolute Gasteiger partial charge is 0.184 e. The normalized spacial score (nSPS) is 30.9. The number of methoxy groups -OCH3 is 1. The molecule has 0 radical (unpaired) electrons. The van der Waals surface area contributed by atoms with E-state index in [0.717, 1.165) is 10.5 Å². The van der Waals surface area contributed by atoms with E-state index in [2.05, 4.69) is 10.0 Å². The van der Waals surface area contributed by atoms with Gasteiger partial charge in [-0.25, -0.2) is 0 Å². The summed E-state index contributed by atoms with van der Waals surface area (Å²) in [5, 5.41) is 4.93. The summed E-state index contributed by atoms with van der Waals surface area (Å²) >= 11 is 13.6. The highest BCUT2D eigenvalue weighted by molar-refractivity contribution is 7.99. The number of ether oxygens (including phenoxy) is 4. The first kappa shape index (κ1) is 21.7. The maximum Gasteiger partial charge on any atom is 0.184 e. The van der Waals surface area contributed by atoms with Gasteiger partial charge in [-0.3, -0.25) is 0 Å². The molecule has 2 aromatic carbocycles. The molecule has 158 valence electrons. The van der Waals surface area contributed by atoms with Crippen molar-refractivity contribution in [2.75, 3.05) is 13.7 Å². The van der Waals surface area contributed by atoms with Crippen molar-refractivity contribution >= 4 is 35.0 Å². The van der Waals surface area contributed by atoms with E-state index in [9.17, 15) is 5.53 Å². The molecular formula is C20H19Cl2N3O4S. The fraction of sp³-hybridized carbons (Fsp3) is 0.400. The quantitative estimate of drug-likeness (QED) is 0.323. The van der Waals surface area contributed by atoms with Crippen LogP contribution in [-0.4, -0.2) is 43.5 Å². The topological polar surface area (TPSA) is 85.7 Å². The minimum absolute atomic E-state index is 0.302. The second kappa shape index (κ2) is 9.77. The average molecular weight is 468 g/mol. The van der Waals surface area contributed by atoms with E-state index in [-0.39, 0.29) is 0 Å². The Morgan fingerprint density at radius 2 is 1.93 bits per heavy atom. The molecule has 4 rings (SSSR count). The highest BCUT2D eigenvalue weighted by Gasteiger charge is 2.50. The highest BCUT2D eigenvalue weighted by Crippen LogP contribution is 2.41. The largest absolute Gasteiger partial charge is 0.377 e. The van der Waals surface area contributed by atoms with E-state index in [1.807, 2.05) is 36.4 Å². The van der Waals surface area contributed by atoms with Crippen molar-refractivity contribution < 1.29 is 18.9 Å². The number of thioether (sulfide) groups is 1. The third kappa shape index (κ3) is 4.56. The number of rotatable bonds is 5. The van der Waals surface area contributed by atoms with Gasteiger partial charge in [0.1, 0.15) is 23.7 Å². The zero-order valence-electron chi connectivity index (χ0n) is 15.9. The molecule has 7 nitrogen and oxygen atoms in total. The van der Waals surface area contributed by atoms with Gasteiger partial charge >= 0.3 is 0 Å². The van der Waals surface area contributed by atoms with Gasteiger partial charge in [-0.1, -0.05) is 70.4 Å².